The molecule has 0 radical (unpaired) electrons. The molecular formula is C17H30O5S2Si. The van der Waals surface area contributed by atoms with Crippen molar-refractivity contribution in [2.24, 2.45) is 0 Å². The Morgan fingerprint density at radius 2 is 1.64 bits per heavy atom. The van der Waals surface area contributed by atoms with Crippen LogP contribution in [0.2, 0.25) is 18.1 Å². The van der Waals surface area contributed by atoms with Gasteiger partial charge in [-0.25, -0.2) is 4.79 Å². The molecule has 0 aliphatic carbocycles. The average Bonchev–Trinajstić information content (AvgIpc) is 3.06. The maximum atomic E-state index is 12.6. The number of thioether (sulfide) groups is 2. The summed E-state index contributed by atoms with van der Waals surface area (Å²) in [7, 11) is -2.12. The zero-order chi connectivity index (χ0) is 18.6. The van der Waals surface area contributed by atoms with Gasteiger partial charge in [0.1, 0.15) is 12.2 Å². The summed E-state index contributed by atoms with van der Waals surface area (Å²) in [6.07, 6.45) is -1.62. The Morgan fingerprint density at radius 1 is 1.08 bits per heavy atom. The van der Waals surface area contributed by atoms with Crippen LogP contribution in [0.15, 0.2) is 0 Å². The van der Waals surface area contributed by atoms with Crippen LogP contribution in [-0.4, -0.2) is 60.6 Å². The Bertz CT molecular complexity index is 528. The van der Waals surface area contributed by atoms with Crippen molar-refractivity contribution in [2.45, 2.75) is 87.5 Å². The molecule has 0 aromatic carbocycles. The van der Waals surface area contributed by atoms with Gasteiger partial charge in [-0.2, -0.15) is 0 Å². The van der Waals surface area contributed by atoms with Crippen LogP contribution < -0.4 is 0 Å². The predicted octanol–water partition coefficient (Wildman–Crippen LogP) is 3.63. The van der Waals surface area contributed by atoms with E-state index in [1.54, 1.807) is 0 Å². The zero-order valence-electron chi connectivity index (χ0n) is 16.2. The van der Waals surface area contributed by atoms with Gasteiger partial charge in [-0.3, -0.25) is 0 Å². The van der Waals surface area contributed by atoms with Crippen molar-refractivity contribution < 1.29 is 23.4 Å². The van der Waals surface area contributed by atoms with Gasteiger partial charge in [0, 0.05) is 11.5 Å². The van der Waals surface area contributed by atoms with E-state index in [4.69, 9.17) is 18.6 Å². The molecule has 0 aromatic heterocycles. The summed E-state index contributed by atoms with van der Waals surface area (Å²) in [4.78, 5) is 12.6. The molecule has 3 aliphatic rings. The minimum Gasteiger partial charge on any atom is -0.455 e. The predicted molar refractivity (Wildman–Crippen MR) is 104 cm³/mol. The summed E-state index contributed by atoms with van der Waals surface area (Å²) in [6.45, 7) is 14.6. The van der Waals surface area contributed by atoms with Crippen LogP contribution in [0.5, 0.6) is 0 Å². The summed E-state index contributed by atoms with van der Waals surface area (Å²) in [5.74, 6) is 1.15. The smallest absolute Gasteiger partial charge is 0.337 e. The van der Waals surface area contributed by atoms with Crippen LogP contribution in [0.25, 0.3) is 0 Å². The number of rotatable bonds is 3. The highest BCUT2D eigenvalue weighted by Gasteiger charge is 2.60. The third-order valence-electron chi connectivity index (χ3n) is 5.41. The molecule has 0 amide bonds. The van der Waals surface area contributed by atoms with E-state index in [0.29, 0.717) is 0 Å². The molecule has 3 aliphatic heterocycles. The second-order valence-electron chi connectivity index (χ2n) is 8.87. The molecule has 8 heteroatoms. The Labute approximate surface area is 160 Å². The molecule has 3 saturated heterocycles. The van der Waals surface area contributed by atoms with Gasteiger partial charge in [0.15, 0.2) is 26.3 Å². The van der Waals surface area contributed by atoms with Crippen molar-refractivity contribution in [1.29, 1.82) is 0 Å². The first-order valence-electron chi connectivity index (χ1n) is 8.88. The van der Waals surface area contributed by atoms with Crippen LogP contribution in [0.1, 0.15) is 34.6 Å². The molecule has 0 aromatic rings. The normalized spacial score (nSPS) is 36.4. The molecule has 0 bridgehead atoms. The molecule has 25 heavy (non-hydrogen) atoms. The SMILES string of the molecule is CC1(C)OC(C2SCCS2)C2OC(=O)C(O[Si](C)(C)C(C)(C)C)C2O1. The van der Waals surface area contributed by atoms with Gasteiger partial charge >= 0.3 is 5.97 Å². The molecule has 3 fully saturated rings. The van der Waals surface area contributed by atoms with E-state index < -0.39 is 32.4 Å². The van der Waals surface area contributed by atoms with E-state index in [0.717, 1.165) is 11.5 Å². The van der Waals surface area contributed by atoms with Crippen LogP contribution in [-0.2, 0) is 23.4 Å². The molecule has 4 unspecified atom stereocenters. The standard InChI is InChI=1S/C17H30O5S2Si/c1-16(2,3)25(6,7)22-12-11-10(19-14(12)18)13(15-23-8-9-24-15)21-17(4,5)20-11/h10-13,15H,8-9H2,1-7H3. The Morgan fingerprint density at radius 3 is 2.20 bits per heavy atom. The van der Waals surface area contributed by atoms with Crippen molar-refractivity contribution in [3.63, 3.8) is 0 Å². The third-order valence-corrected chi connectivity index (χ3v) is 13.0. The van der Waals surface area contributed by atoms with Gasteiger partial charge in [0.2, 0.25) is 0 Å². The monoisotopic (exact) mass is 406 g/mol. The molecule has 4 atom stereocenters. The first kappa shape index (κ1) is 20.0. The van der Waals surface area contributed by atoms with E-state index in [9.17, 15) is 4.79 Å². The molecular weight excluding hydrogens is 376 g/mol. The maximum Gasteiger partial charge on any atom is 0.337 e. The highest BCUT2D eigenvalue weighted by atomic mass is 32.2. The summed E-state index contributed by atoms with van der Waals surface area (Å²) in [5.41, 5.74) is 0. The first-order chi connectivity index (χ1) is 11.4. The van der Waals surface area contributed by atoms with E-state index in [2.05, 4.69) is 33.9 Å². The first-order valence-corrected chi connectivity index (χ1v) is 13.9. The van der Waals surface area contributed by atoms with Crippen molar-refractivity contribution in [3.8, 4) is 0 Å². The van der Waals surface area contributed by atoms with Gasteiger partial charge in [-0.05, 0) is 32.0 Å². The minimum atomic E-state index is -2.12. The molecule has 3 rings (SSSR count). The van der Waals surface area contributed by atoms with E-state index in [-0.39, 0.29) is 21.7 Å². The maximum absolute atomic E-state index is 12.6. The van der Waals surface area contributed by atoms with Crippen molar-refractivity contribution >= 4 is 37.8 Å². The fourth-order valence-corrected chi connectivity index (χ4v) is 7.31. The summed E-state index contributed by atoms with van der Waals surface area (Å²) in [5, 5.41) is 0.0165. The van der Waals surface area contributed by atoms with Crippen LogP contribution in [0, 0.1) is 0 Å². The lowest BCUT2D eigenvalue weighted by Crippen LogP contribution is -2.59. The van der Waals surface area contributed by atoms with E-state index in [1.807, 2.05) is 37.4 Å². The number of hydrogen-bond donors (Lipinski definition) is 0. The summed E-state index contributed by atoms with van der Waals surface area (Å²) < 4.78 is 24.7. The second kappa shape index (κ2) is 6.70. The van der Waals surface area contributed by atoms with Crippen molar-refractivity contribution in [3.05, 3.63) is 0 Å². The summed E-state index contributed by atoms with van der Waals surface area (Å²) >= 11 is 3.75. The number of esters is 1. The lowest BCUT2D eigenvalue weighted by molar-refractivity contribution is -0.323. The fraction of sp³-hybridized carbons (Fsp3) is 0.941. The van der Waals surface area contributed by atoms with E-state index in [1.165, 1.54) is 0 Å². The van der Waals surface area contributed by atoms with Crippen LogP contribution >= 0.6 is 23.5 Å². The van der Waals surface area contributed by atoms with Gasteiger partial charge in [0.25, 0.3) is 0 Å². The largest absolute Gasteiger partial charge is 0.455 e. The number of fused-ring (bicyclic) bond motifs is 1. The third kappa shape index (κ3) is 3.94. The van der Waals surface area contributed by atoms with E-state index >= 15 is 0 Å². The minimum absolute atomic E-state index is 0.0165. The van der Waals surface area contributed by atoms with Crippen molar-refractivity contribution in [1.82, 2.24) is 0 Å². The van der Waals surface area contributed by atoms with Gasteiger partial charge in [-0.15, -0.1) is 23.5 Å². The molecule has 0 spiro atoms. The number of carbonyl (C=O) groups excluding carboxylic acids is 1. The van der Waals surface area contributed by atoms with Crippen LogP contribution in [0.3, 0.4) is 0 Å². The van der Waals surface area contributed by atoms with Crippen molar-refractivity contribution in [2.75, 3.05) is 11.5 Å². The molecule has 0 saturated carbocycles. The lowest BCUT2D eigenvalue weighted by Gasteiger charge is -2.45. The lowest BCUT2D eigenvalue weighted by atomic mass is 10.0. The highest BCUT2D eigenvalue weighted by Crippen LogP contribution is 2.46. The van der Waals surface area contributed by atoms with Gasteiger partial charge < -0.3 is 18.6 Å². The van der Waals surface area contributed by atoms with Gasteiger partial charge in [0.05, 0.1) is 4.58 Å². The molecule has 3 heterocycles. The number of hydrogen-bond acceptors (Lipinski definition) is 7. The molecule has 0 N–H and O–H groups in total. The van der Waals surface area contributed by atoms with Crippen LogP contribution in [0.4, 0.5) is 0 Å². The summed E-state index contributed by atoms with van der Waals surface area (Å²) in [6, 6.07) is 0. The quantitative estimate of drug-likeness (QED) is 0.524. The zero-order valence-corrected chi connectivity index (χ0v) is 18.8. The fourth-order valence-electron chi connectivity index (χ4n) is 3.09. The number of carbonyl (C=O) groups is 1. The molecule has 5 nitrogen and oxygen atoms in total. The van der Waals surface area contributed by atoms with Gasteiger partial charge in [-0.1, -0.05) is 20.8 Å². The molecule has 144 valence electrons. The number of ether oxygens (including phenoxy) is 3. The Hall–Kier alpha value is 0.267. The Kier molecular flexibility index (Phi) is 5.37. The second-order valence-corrected chi connectivity index (χ2v) is 16.4. The Balaban J connectivity index is 1.84. The topological polar surface area (TPSA) is 54.0 Å². The highest BCUT2D eigenvalue weighted by molar-refractivity contribution is 8.20. The average molecular weight is 407 g/mol.